The molecule has 176 valence electrons. The molecule has 1 aliphatic rings. The highest BCUT2D eigenvalue weighted by atomic mass is 16.5. The van der Waals surface area contributed by atoms with Gasteiger partial charge in [-0.1, -0.05) is 54.6 Å². The van der Waals surface area contributed by atoms with Gasteiger partial charge in [-0.3, -0.25) is 4.90 Å². The molecule has 6 heteroatoms. The molecule has 2 N–H and O–H groups in total. The summed E-state index contributed by atoms with van der Waals surface area (Å²) in [4.78, 5) is 14.8. The van der Waals surface area contributed by atoms with Crippen molar-refractivity contribution in [1.82, 2.24) is 14.8 Å². The van der Waals surface area contributed by atoms with Crippen molar-refractivity contribution in [3.05, 3.63) is 78.0 Å². The first-order chi connectivity index (χ1) is 16.7. The Labute approximate surface area is 199 Å². The van der Waals surface area contributed by atoms with Crippen molar-refractivity contribution in [1.29, 1.82) is 0 Å². The number of hydrogen-bond acceptors (Lipinski definition) is 4. The zero-order valence-electron chi connectivity index (χ0n) is 19.4. The fourth-order valence-corrected chi connectivity index (χ4v) is 5.03. The summed E-state index contributed by atoms with van der Waals surface area (Å²) in [7, 11) is 0. The Morgan fingerprint density at radius 2 is 1.65 bits per heavy atom. The van der Waals surface area contributed by atoms with E-state index in [4.69, 9.17) is 4.74 Å². The maximum absolute atomic E-state index is 12.4. The number of aryl methyl sites for hydroxylation is 1. The smallest absolute Gasteiger partial charge is 0.352 e. The van der Waals surface area contributed by atoms with E-state index < -0.39 is 5.97 Å². The molecule has 34 heavy (non-hydrogen) atoms. The number of hydrogen-bond donors (Lipinski definition) is 2. The van der Waals surface area contributed by atoms with Gasteiger partial charge in [-0.15, -0.1) is 0 Å². The lowest BCUT2D eigenvalue weighted by atomic mass is 10.1. The van der Waals surface area contributed by atoms with Gasteiger partial charge in [0.15, 0.2) is 0 Å². The molecule has 4 aromatic rings. The predicted octanol–water partition coefficient (Wildman–Crippen LogP) is 4.41. The minimum atomic E-state index is -0.860. The van der Waals surface area contributed by atoms with Gasteiger partial charge in [-0.2, -0.15) is 0 Å². The number of aromatic nitrogens is 1. The Kier molecular flexibility index (Phi) is 6.79. The number of carbonyl (C=O) groups is 1. The van der Waals surface area contributed by atoms with E-state index in [1.54, 1.807) is 0 Å². The highest BCUT2D eigenvalue weighted by molar-refractivity contribution is 5.98. The van der Waals surface area contributed by atoms with Gasteiger partial charge < -0.3 is 19.7 Å². The molecule has 0 spiro atoms. The number of piperazine rings is 1. The summed E-state index contributed by atoms with van der Waals surface area (Å²) in [6.45, 7) is 6.03. The van der Waals surface area contributed by atoms with Gasteiger partial charge in [0.25, 0.3) is 0 Å². The van der Waals surface area contributed by atoms with Crippen molar-refractivity contribution in [2.45, 2.75) is 19.4 Å². The Hall–Kier alpha value is -3.35. The first kappa shape index (κ1) is 22.4. The second-order valence-corrected chi connectivity index (χ2v) is 8.82. The average Bonchev–Trinajstić information content (AvgIpc) is 3.19. The summed E-state index contributed by atoms with van der Waals surface area (Å²) in [5.74, 6) is 0.0106. The normalized spacial score (nSPS) is 14.6. The number of benzene rings is 3. The van der Waals surface area contributed by atoms with Gasteiger partial charge in [-0.05, 0) is 35.9 Å². The van der Waals surface area contributed by atoms with E-state index >= 15 is 0 Å². The summed E-state index contributed by atoms with van der Waals surface area (Å²) >= 11 is 0. The second kappa shape index (κ2) is 10.3. The molecule has 5 rings (SSSR count). The van der Waals surface area contributed by atoms with Gasteiger partial charge in [0, 0.05) is 55.6 Å². The van der Waals surface area contributed by atoms with E-state index in [1.807, 2.05) is 53.1 Å². The highest BCUT2D eigenvalue weighted by Gasteiger charge is 2.22. The molecule has 6 nitrogen and oxygen atoms in total. The van der Waals surface area contributed by atoms with Crippen LogP contribution in [0.1, 0.15) is 22.5 Å². The second-order valence-electron chi connectivity index (χ2n) is 8.82. The third-order valence-electron chi connectivity index (χ3n) is 6.71. The molecule has 1 aromatic heterocycles. The van der Waals surface area contributed by atoms with Crippen molar-refractivity contribution < 1.29 is 14.6 Å². The summed E-state index contributed by atoms with van der Waals surface area (Å²) in [5, 5.41) is 16.8. The summed E-state index contributed by atoms with van der Waals surface area (Å²) < 4.78 is 8.12. The number of carboxylic acid groups (broad SMARTS) is 1. The summed E-state index contributed by atoms with van der Waals surface area (Å²) in [5.41, 5.74) is 2.33. The van der Waals surface area contributed by atoms with Crippen molar-refractivity contribution in [2.75, 3.05) is 39.3 Å². The molecule has 1 aliphatic heterocycles. The van der Waals surface area contributed by atoms with Crippen LogP contribution < -0.4 is 10.1 Å². The van der Waals surface area contributed by atoms with Gasteiger partial charge >= 0.3 is 5.97 Å². The molecule has 0 atom stereocenters. The standard InChI is InChI=1S/C28H31N3O3/c32-28(33)27-24(11-6-20-34-26-13-5-8-21-7-1-2-9-22(21)26)23-10-3-4-12-25(23)31(27)19-18-30-16-14-29-15-17-30/h1-5,7-10,12-13,29H,6,11,14-20H2,(H,32,33). The van der Waals surface area contributed by atoms with Crippen LogP contribution in [0.2, 0.25) is 0 Å². The lowest BCUT2D eigenvalue weighted by Gasteiger charge is -2.27. The monoisotopic (exact) mass is 457 g/mol. The topological polar surface area (TPSA) is 66.7 Å². The molecule has 3 aromatic carbocycles. The number of aromatic carboxylic acids is 1. The van der Waals surface area contributed by atoms with Crippen LogP contribution in [0.5, 0.6) is 5.75 Å². The number of nitrogens with zero attached hydrogens (tertiary/aromatic N) is 2. The van der Waals surface area contributed by atoms with Gasteiger partial charge in [0.1, 0.15) is 11.4 Å². The Bertz CT molecular complexity index is 1290. The molecule has 0 radical (unpaired) electrons. The van der Waals surface area contributed by atoms with Gasteiger partial charge in [0.2, 0.25) is 0 Å². The van der Waals surface area contributed by atoms with Crippen molar-refractivity contribution in [3.63, 3.8) is 0 Å². The number of carboxylic acids is 1. The zero-order chi connectivity index (χ0) is 23.3. The molecule has 0 aliphatic carbocycles. The third-order valence-corrected chi connectivity index (χ3v) is 6.71. The van der Waals surface area contributed by atoms with Crippen LogP contribution in [0.15, 0.2) is 66.7 Å². The molecule has 1 fully saturated rings. The quantitative estimate of drug-likeness (QED) is 0.365. The number of ether oxygens (including phenoxy) is 1. The Morgan fingerprint density at radius 1 is 0.912 bits per heavy atom. The van der Waals surface area contributed by atoms with E-state index in [9.17, 15) is 9.90 Å². The maximum Gasteiger partial charge on any atom is 0.352 e. The largest absolute Gasteiger partial charge is 0.493 e. The maximum atomic E-state index is 12.4. The first-order valence-electron chi connectivity index (χ1n) is 12.1. The average molecular weight is 458 g/mol. The Balaban J connectivity index is 1.34. The molecular formula is C28H31N3O3. The van der Waals surface area contributed by atoms with Crippen LogP contribution in [0, 0.1) is 0 Å². The van der Waals surface area contributed by atoms with E-state index in [2.05, 4.69) is 28.4 Å². The van der Waals surface area contributed by atoms with Crippen LogP contribution in [0.4, 0.5) is 0 Å². The fraction of sp³-hybridized carbons (Fsp3) is 0.321. The predicted molar refractivity (Wildman–Crippen MR) is 136 cm³/mol. The molecule has 0 amide bonds. The van der Waals surface area contributed by atoms with Crippen molar-refractivity contribution >= 4 is 27.6 Å². The van der Waals surface area contributed by atoms with Gasteiger partial charge in [0.05, 0.1) is 6.61 Å². The van der Waals surface area contributed by atoms with Crippen LogP contribution in [0.25, 0.3) is 21.7 Å². The summed E-state index contributed by atoms with van der Waals surface area (Å²) in [6, 6.07) is 22.3. The van der Waals surface area contributed by atoms with E-state index in [-0.39, 0.29) is 0 Å². The van der Waals surface area contributed by atoms with E-state index in [0.717, 1.165) is 72.1 Å². The Morgan fingerprint density at radius 3 is 2.47 bits per heavy atom. The van der Waals surface area contributed by atoms with Crippen LogP contribution in [-0.4, -0.2) is 59.9 Å². The van der Waals surface area contributed by atoms with Gasteiger partial charge in [-0.25, -0.2) is 4.79 Å². The molecule has 0 unspecified atom stereocenters. The van der Waals surface area contributed by atoms with Crippen LogP contribution >= 0.6 is 0 Å². The lowest BCUT2D eigenvalue weighted by molar-refractivity contribution is 0.0683. The number of para-hydroxylation sites is 1. The molecule has 0 saturated carbocycles. The highest BCUT2D eigenvalue weighted by Crippen LogP contribution is 2.29. The van der Waals surface area contributed by atoms with E-state index in [0.29, 0.717) is 25.3 Å². The van der Waals surface area contributed by atoms with E-state index in [1.165, 1.54) is 0 Å². The fourth-order valence-electron chi connectivity index (χ4n) is 5.03. The van der Waals surface area contributed by atoms with Crippen LogP contribution in [-0.2, 0) is 13.0 Å². The zero-order valence-corrected chi connectivity index (χ0v) is 19.4. The minimum absolute atomic E-state index is 0.418. The minimum Gasteiger partial charge on any atom is -0.493 e. The van der Waals surface area contributed by atoms with Crippen LogP contribution in [0.3, 0.4) is 0 Å². The number of rotatable bonds is 9. The molecule has 1 saturated heterocycles. The number of nitrogens with one attached hydrogen (secondary N) is 1. The first-order valence-corrected chi connectivity index (χ1v) is 12.1. The SMILES string of the molecule is O=C(O)c1c(CCCOc2cccc3ccccc23)c2ccccc2n1CCN1CCNCC1. The molecule has 0 bridgehead atoms. The molecular weight excluding hydrogens is 426 g/mol. The molecule has 2 heterocycles. The van der Waals surface area contributed by atoms with Crippen molar-refractivity contribution in [3.8, 4) is 5.75 Å². The summed E-state index contributed by atoms with van der Waals surface area (Å²) in [6.07, 6.45) is 1.41. The van der Waals surface area contributed by atoms with Crippen molar-refractivity contribution in [2.24, 2.45) is 0 Å². The number of fused-ring (bicyclic) bond motifs is 2. The third kappa shape index (κ3) is 4.65. The lowest BCUT2D eigenvalue weighted by Crippen LogP contribution is -2.44.